The van der Waals surface area contributed by atoms with E-state index in [1.165, 1.54) is 0 Å². The average Bonchev–Trinajstić information content (AvgIpc) is 2.43. The molecule has 1 aromatic rings. The molecule has 0 radical (unpaired) electrons. The molecule has 0 aromatic heterocycles. The van der Waals surface area contributed by atoms with E-state index in [1.807, 2.05) is 6.07 Å². The minimum Gasteiger partial charge on any atom is -0.309 e. The van der Waals surface area contributed by atoms with Crippen LogP contribution in [-0.2, 0) is 10.8 Å². The Balaban J connectivity index is 2.20. The summed E-state index contributed by atoms with van der Waals surface area (Å²) in [6.45, 7) is 4.68. The number of hydrogen-bond donors (Lipinski definition) is 1. The van der Waals surface area contributed by atoms with Crippen LogP contribution in [0.5, 0.6) is 0 Å². The molecule has 0 bridgehead atoms. The van der Waals surface area contributed by atoms with Crippen molar-refractivity contribution in [3.63, 3.8) is 0 Å². The monoisotopic (exact) mass is 255 g/mol. The standard InChI is InChI=1S/C13H18FNOS/c1-9-6-15-13(8-17(16)7-9)11-4-3-10(2)12(14)5-11/h3-5,9,13,15H,6-8H2,1-2H3. The van der Waals surface area contributed by atoms with Crippen molar-refractivity contribution < 1.29 is 8.60 Å². The maximum absolute atomic E-state index is 13.5. The Kier molecular flexibility index (Phi) is 3.94. The number of nitrogens with one attached hydrogen (secondary N) is 1. The van der Waals surface area contributed by atoms with Crippen molar-refractivity contribution in [3.05, 3.63) is 35.1 Å². The molecule has 3 atom stereocenters. The molecule has 1 aromatic carbocycles. The van der Waals surface area contributed by atoms with Crippen molar-refractivity contribution in [1.82, 2.24) is 5.32 Å². The molecule has 2 nitrogen and oxygen atoms in total. The van der Waals surface area contributed by atoms with Crippen LogP contribution in [0, 0.1) is 18.7 Å². The smallest absolute Gasteiger partial charge is 0.126 e. The van der Waals surface area contributed by atoms with Crippen LogP contribution in [0.15, 0.2) is 18.2 Å². The first-order valence-corrected chi connectivity index (χ1v) is 7.39. The first kappa shape index (κ1) is 12.7. The molecule has 4 heteroatoms. The molecule has 0 spiro atoms. The zero-order valence-corrected chi connectivity index (χ0v) is 11.0. The van der Waals surface area contributed by atoms with E-state index in [2.05, 4.69) is 12.2 Å². The minimum absolute atomic E-state index is 0.0101. The topological polar surface area (TPSA) is 29.1 Å². The maximum Gasteiger partial charge on any atom is 0.126 e. The maximum atomic E-state index is 13.5. The van der Waals surface area contributed by atoms with E-state index in [4.69, 9.17) is 0 Å². The van der Waals surface area contributed by atoms with E-state index >= 15 is 0 Å². The van der Waals surface area contributed by atoms with Gasteiger partial charge in [-0.3, -0.25) is 4.21 Å². The molecule has 94 valence electrons. The van der Waals surface area contributed by atoms with Gasteiger partial charge in [-0.25, -0.2) is 4.39 Å². The highest BCUT2D eigenvalue weighted by Gasteiger charge is 2.21. The van der Waals surface area contributed by atoms with E-state index in [1.54, 1.807) is 19.1 Å². The van der Waals surface area contributed by atoms with Crippen molar-refractivity contribution in [2.24, 2.45) is 5.92 Å². The lowest BCUT2D eigenvalue weighted by atomic mass is 10.1. The largest absolute Gasteiger partial charge is 0.309 e. The van der Waals surface area contributed by atoms with Gasteiger partial charge in [0.15, 0.2) is 0 Å². The van der Waals surface area contributed by atoms with Gasteiger partial charge in [-0.2, -0.15) is 0 Å². The first-order valence-electron chi connectivity index (χ1n) is 5.90. The molecule has 1 aliphatic heterocycles. The normalized spacial score (nSPS) is 29.9. The fourth-order valence-corrected chi connectivity index (χ4v) is 3.64. The second kappa shape index (κ2) is 5.27. The molecule has 17 heavy (non-hydrogen) atoms. The van der Waals surface area contributed by atoms with Crippen LogP contribution in [0.4, 0.5) is 4.39 Å². The Morgan fingerprint density at radius 2 is 2.18 bits per heavy atom. The molecule has 1 N–H and O–H groups in total. The number of aryl methyl sites for hydroxylation is 1. The van der Waals surface area contributed by atoms with Crippen molar-refractivity contribution >= 4 is 10.8 Å². The third-order valence-electron chi connectivity index (χ3n) is 3.13. The summed E-state index contributed by atoms with van der Waals surface area (Å²) in [6, 6.07) is 5.27. The lowest BCUT2D eigenvalue weighted by molar-refractivity contribution is 0.514. The van der Waals surface area contributed by atoms with Crippen LogP contribution >= 0.6 is 0 Å². The Labute approximate surface area is 104 Å². The van der Waals surface area contributed by atoms with Gasteiger partial charge >= 0.3 is 0 Å². The molecule has 1 aliphatic rings. The fourth-order valence-electron chi connectivity index (χ4n) is 2.07. The van der Waals surface area contributed by atoms with Crippen molar-refractivity contribution in [1.29, 1.82) is 0 Å². The Morgan fingerprint density at radius 3 is 2.88 bits per heavy atom. The van der Waals surface area contributed by atoms with Gasteiger partial charge in [-0.15, -0.1) is 0 Å². The van der Waals surface area contributed by atoms with Gasteiger partial charge in [-0.1, -0.05) is 19.1 Å². The predicted octanol–water partition coefficient (Wildman–Crippen LogP) is 2.16. The van der Waals surface area contributed by atoms with Crippen LogP contribution in [0.25, 0.3) is 0 Å². The summed E-state index contributed by atoms with van der Waals surface area (Å²) in [5.74, 6) is 1.54. The molecule has 3 unspecified atom stereocenters. The SMILES string of the molecule is Cc1ccc(C2CS(=O)CC(C)CN2)cc1F. The summed E-state index contributed by atoms with van der Waals surface area (Å²) in [5, 5.41) is 3.37. The van der Waals surface area contributed by atoms with Crippen LogP contribution in [0.1, 0.15) is 24.1 Å². The Bertz CT molecular complexity index is 435. The van der Waals surface area contributed by atoms with Gasteiger partial charge in [0.05, 0.1) is 0 Å². The Hall–Kier alpha value is -0.740. The highest BCUT2D eigenvalue weighted by molar-refractivity contribution is 7.85. The van der Waals surface area contributed by atoms with Gasteiger partial charge in [0.2, 0.25) is 0 Å². The van der Waals surface area contributed by atoms with Gasteiger partial charge < -0.3 is 5.32 Å². The Morgan fingerprint density at radius 1 is 1.41 bits per heavy atom. The van der Waals surface area contributed by atoms with Crippen LogP contribution in [0.2, 0.25) is 0 Å². The summed E-state index contributed by atoms with van der Waals surface area (Å²) in [6.07, 6.45) is 0. The highest BCUT2D eigenvalue weighted by atomic mass is 32.2. The lowest BCUT2D eigenvalue weighted by Gasteiger charge is -2.16. The predicted molar refractivity (Wildman–Crippen MR) is 68.9 cm³/mol. The minimum atomic E-state index is -0.815. The molecule has 0 amide bonds. The molecule has 0 saturated carbocycles. The number of halogens is 1. The zero-order chi connectivity index (χ0) is 12.4. The molecule has 1 saturated heterocycles. The molecule has 2 rings (SSSR count). The van der Waals surface area contributed by atoms with Gasteiger partial charge in [-0.05, 0) is 36.6 Å². The first-order chi connectivity index (χ1) is 8.06. The van der Waals surface area contributed by atoms with Crippen LogP contribution in [-0.4, -0.2) is 22.3 Å². The summed E-state index contributed by atoms with van der Waals surface area (Å²) >= 11 is 0. The number of rotatable bonds is 1. The van der Waals surface area contributed by atoms with E-state index < -0.39 is 10.8 Å². The summed E-state index contributed by atoms with van der Waals surface area (Å²) < 4.78 is 25.3. The van der Waals surface area contributed by atoms with E-state index in [0.29, 0.717) is 17.2 Å². The van der Waals surface area contributed by atoms with Crippen LogP contribution in [0.3, 0.4) is 0 Å². The van der Waals surface area contributed by atoms with E-state index in [0.717, 1.165) is 17.9 Å². The third kappa shape index (κ3) is 3.13. The van der Waals surface area contributed by atoms with Gasteiger partial charge in [0.25, 0.3) is 0 Å². The summed E-state index contributed by atoms with van der Waals surface area (Å²) in [5.41, 5.74) is 1.55. The second-order valence-electron chi connectivity index (χ2n) is 4.85. The summed E-state index contributed by atoms with van der Waals surface area (Å²) in [7, 11) is -0.815. The summed E-state index contributed by atoms with van der Waals surface area (Å²) in [4.78, 5) is 0. The average molecular weight is 255 g/mol. The highest BCUT2D eigenvalue weighted by Crippen LogP contribution is 2.20. The van der Waals surface area contributed by atoms with E-state index in [-0.39, 0.29) is 11.9 Å². The fraction of sp³-hybridized carbons (Fsp3) is 0.538. The van der Waals surface area contributed by atoms with Crippen molar-refractivity contribution in [3.8, 4) is 0 Å². The van der Waals surface area contributed by atoms with Crippen LogP contribution < -0.4 is 5.32 Å². The number of hydrogen-bond acceptors (Lipinski definition) is 2. The van der Waals surface area contributed by atoms with Gasteiger partial charge in [0, 0.05) is 28.3 Å². The zero-order valence-electron chi connectivity index (χ0n) is 10.2. The number of benzene rings is 1. The molecular formula is C13H18FNOS. The lowest BCUT2D eigenvalue weighted by Crippen LogP contribution is -2.26. The van der Waals surface area contributed by atoms with Gasteiger partial charge in [0.1, 0.15) is 5.82 Å². The van der Waals surface area contributed by atoms with Crippen molar-refractivity contribution in [2.75, 3.05) is 18.1 Å². The molecule has 1 heterocycles. The molecule has 1 fully saturated rings. The second-order valence-corrected chi connectivity index (χ2v) is 6.39. The van der Waals surface area contributed by atoms with E-state index in [9.17, 15) is 8.60 Å². The van der Waals surface area contributed by atoms with Crippen molar-refractivity contribution in [2.45, 2.75) is 19.9 Å². The molecular weight excluding hydrogens is 237 g/mol. The molecule has 0 aliphatic carbocycles. The third-order valence-corrected chi connectivity index (χ3v) is 4.78. The quantitative estimate of drug-likeness (QED) is 0.833.